The smallest absolute Gasteiger partial charge is 0.151 e. The Labute approximate surface area is 213 Å². The van der Waals surface area contributed by atoms with Gasteiger partial charge in [0.2, 0.25) is 0 Å². The largest absolute Gasteiger partial charge is 0.505 e. The zero-order chi connectivity index (χ0) is 25.2. The molecule has 0 heterocycles. The molecule has 179 valence electrons. The lowest BCUT2D eigenvalue weighted by Crippen LogP contribution is -2.14. The molecule has 4 rings (SSSR count). The number of nitrogens with zero attached hydrogens (tertiary/aromatic N) is 2. The highest BCUT2D eigenvalue weighted by molar-refractivity contribution is 6.17. The number of aryl methyl sites for hydroxylation is 1. The summed E-state index contributed by atoms with van der Waals surface area (Å²) in [5.74, 6) is 1.16. The molecular formula is C31H35N2OSi. The topological polar surface area (TPSA) is 45.0 Å². The molecule has 0 aliphatic heterocycles. The van der Waals surface area contributed by atoms with Crippen molar-refractivity contribution in [2.24, 2.45) is 27.5 Å². The summed E-state index contributed by atoms with van der Waals surface area (Å²) in [7, 11) is 3.54. The molecule has 0 amide bonds. The molecule has 3 aliphatic rings. The van der Waals surface area contributed by atoms with Crippen LogP contribution in [0.1, 0.15) is 57.2 Å². The molecule has 0 fully saturated rings. The van der Waals surface area contributed by atoms with Gasteiger partial charge in [0.25, 0.3) is 0 Å². The molecule has 1 aromatic rings. The van der Waals surface area contributed by atoms with E-state index in [1.165, 1.54) is 5.57 Å². The lowest BCUT2D eigenvalue weighted by Gasteiger charge is -2.17. The Hall–Kier alpha value is -2.98. The van der Waals surface area contributed by atoms with E-state index in [2.05, 4.69) is 103 Å². The van der Waals surface area contributed by atoms with Crippen LogP contribution in [0, 0.1) is 24.2 Å². The maximum absolute atomic E-state index is 11.2. The van der Waals surface area contributed by atoms with Crippen molar-refractivity contribution < 1.29 is 5.11 Å². The number of benzene rings is 1. The van der Waals surface area contributed by atoms with Crippen LogP contribution in [0.3, 0.4) is 0 Å². The summed E-state index contributed by atoms with van der Waals surface area (Å²) in [4.78, 5) is 0. The van der Waals surface area contributed by atoms with E-state index in [9.17, 15) is 5.11 Å². The van der Waals surface area contributed by atoms with Crippen molar-refractivity contribution in [2.45, 2.75) is 53.0 Å². The molecule has 0 saturated carbocycles. The van der Waals surface area contributed by atoms with Crippen molar-refractivity contribution in [3.8, 4) is 5.75 Å². The fourth-order valence-electron chi connectivity index (χ4n) is 4.74. The summed E-state index contributed by atoms with van der Waals surface area (Å²) in [6, 6.07) is 2.07. The summed E-state index contributed by atoms with van der Waals surface area (Å²) < 4.78 is 0. The van der Waals surface area contributed by atoms with E-state index >= 15 is 0 Å². The van der Waals surface area contributed by atoms with Gasteiger partial charge >= 0.3 is 0 Å². The van der Waals surface area contributed by atoms with Crippen LogP contribution >= 0.6 is 0 Å². The molecule has 3 aliphatic carbocycles. The van der Waals surface area contributed by atoms with Gasteiger partial charge in [0.1, 0.15) is 11.2 Å². The number of phenolic OH excluding ortho intramolecular Hbond substituents is 1. The van der Waals surface area contributed by atoms with Crippen molar-refractivity contribution in [3.05, 3.63) is 94.3 Å². The lowest BCUT2D eigenvalue weighted by molar-refractivity contribution is 0.474. The van der Waals surface area contributed by atoms with Crippen LogP contribution in [0.5, 0.6) is 5.75 Å². The maximum Gasteiger partial charge on any atom is 0.151 e. The highest BCUT2D eigenvalue weighted by atomic mass is 28.1. The Morgan fingerprint density at radius 3 is 2.60 bits per heavy atom. The van der Waals surface area contributed by atoms with E-state index in [-0.39, 0.29) is 11.2 Å². The third kappa shape index (κ3) is 5.81. The molecule has 0 saturated heterocycles. The molecule has 3 nitrogen and oxygen atoms in total. The minimum atomic E-state index is -0.656. The molecule has 0 aromatic heterocycles. The number of hydrogen-bond donors (Lipinski definition) is 1. The Balaban J connectivity index is 1.73. The zero-order valence-corrected chi connectivity index (χ0v) is 22.4. The SMILES string of the molecule is Cc1cc2c(c(O)c1N=N[C@]1(C)C=CC(=C/[Si])/C=C\CC3=CC(/C=C\1)C[C@@H]3C)C=CC(C)(C)C=C2. The fourth-order valence-corrected chi connectivity index (χ4v) is 4.94. The van der Waals surface area contributed by atoms with Gasteiger partial charge < -0.3 is 5.11 Å². The molecular weight excluding hydrogens is 444 g/mol. The average Bonchev–Trinajstić information content (AvgIpc) is 3.08. The molecule has 0 spiro atoms. The maximum atomic E-state index is 11.2. The first-order valence-electron chi connectivity index (χ1n) is 12.4. The second-order valence-corrected chi connectivity index (χ2v) is 11.1. The summed E-state index contributed by atoms with van der Waals surface area (Å²) in [5.41, 5.74) is 6.93. The number of rotatable bonds is 2. The predicted octanol–water partition coefficient (Wildman–Crippen LogP) is 8.32. The standard InChI is InChI=1S/C31H35N2OSi/c1-21-17-24-10-16-31(5,15-9-23(20-35)7-6-8-25(21)19-24)33-32-28-22(2)18-26-11-13-30(3,4)14-12-27(26)29(28)34/h6-7,9-16,18-21,24,34H,8,17H2,1-5H3/b7-6-,15-9?,16-10-,23-20+,33-32?/t21-,24?,31+/m0/s1. The predicted molar refractivity (Wildman–Crippen MR) is 149 cm³/mol. The Morgan fingerprint density at radius 1 is 1.06 bits per heavy atom. The number of allylic oxidation sites excluding steroid dienone is 9. The fraction of sp³-hybridized carbons (Fsp3) is 0.355. The van der Waals surface area contributed by atoms with Crippen molar-refractivity contribution in [3.63, 3.8) is 0 Å². The number of aromatic hydroxyl groups is 1. The van der Waals surface area contributed by atoms with Gasteiger partial charge in [-0.1, -0.05) is 98.9 Å². The first-order chi connectivity index (χ1) is 16.6. The zero-order valence-electron chi connectivity index (χ0n) is 21.4. The van der Waals surface area contributed by atoms with E-state index in [0.29, 0.717) is 17.5 Å². The number of hydrogen-bond acceptors (Lipinski definition) is 3. The summed E-state index contributed by atoms with van der Waals surface area (Å²) >= 11 is 0. The second kappa shape index (κ2) is 9.94. The van der Waals surface area contributed by atoms with Crippen molar-refractivity contribution in [1.82, 2.24) is 0 Å². The van der Waals surface area contributed by atoms with Crippen LogP contribution in [0.4, 0.5) is 5.69 Å². The van der Waals surface area contributed by atoms with Crippen LogP contribution in [-0.2, 0) is 0 Å². The summed E-state index contributed by atoms with van der Waals surface area (Å²) in [5, 5.41) is 20.6. The van der Waals surface area contributed by atoms with Gasteiger partial charge in [-0.15, -0.1) is 0 Å². The van der Waals surface area contributed by atoms with E-state index in [4.69, 9.17) is 5.11 Å². The van der Waals surface area contributed by atoms with E-state index in [1.54, 1.807) is 0 Å². The van der Waals surface area contributed by atoms with Crippen LogP contribution in [-0.4, -0.2) is 20.9 Å². The normalized spacial score (nSPS) is 30.5. The number of fused-ring (bicyclic) bond motifs is 2. The highest BCUT2D eigenvalue weighted by Gasteiger charge is 2.24. The van der Waals surface area contributed by atoms with Gasteiger partial charge in [-0.2, -0.15) is 10.2 Å². The molecule has 2 bridgehead atoms. The molecule has 35 heavy (non-hydrogen) atoms. The van der Waals surface area contributed by atoms with Crippen LogP contribution in [0.15, 0.2) is 87.8 Å². The van der Waals surface area contributed by atoms with Crippen molar-refractivity contribution in [1.29, 1.82) is 0 Å². The van der Waals surface area contributed by atoms with Crippen LogP contribution in [0.25, 0.3) is 12.2 Å². The van der Waals surface area contributed by atoms with E-state index in [1.807, 2.05) is 25.6 Å². The second-order valence-electron chi connectivity index (χ2n) is 10.8. The first kappa shape index (κ1) is 25.1. The average molecular weight is 480 g/mol. The van der Waals surface area contributed by atoms with E-state index in [0.717, 1.165) is 35.1 Å². The molecule has 3 radical (unpaired) electrons. The van der Waals surface area contributed by atoms with Gasteiger partial charge in [-0.3, -0.25) is 0 Å². The number of azo groups is 1. The Bertz CT molecular complexity index is 1240. The van der Waals surface area contributed by atoms with Crippen molar-refractivity contribution in [2.75, 3.05) is 0 Å². The Kier molecular flexibility index (Phi) is 7.14. The van der Waals surface area contributed by atoms with Gasteiger partial charge in [0, 0.05) is 11.0 Å². The molecule has 1 N–H and O–H groups in total. The van der Waals surface area contributed by atoms with Gasteiger partial charge in [-0.25, -0.2) is 0 Å². The molecule has 4 heteroatoms. The minimum Gasteiger partial charge on any atom is -0.505 e. The van der Waals surface area contributed by atoms with Gasteiger partial charge in [0.05, 0.1) is 10.2 Å². The summed E-state index contributed by atoms with van der Waals surface area (Å²) in [6.07, 6.45) is 25.7. The van der Waals surface area contributed by atoms with Crippen LogP contribution < -0.4 is 0 Å². The minimum absolute atomic E-state index is 0.0707. The van der Waals surface area contributed by atoms with Crippen molar-refractivity contribution >= 4 is 28.1 Å². The van der Waals surface area contributed by atoms with Gasteiger partial charge in [-0.05, 0) is 61.3 Å². The lowest BCUT2D eigenvalue weighted by atomic mass is 9.93. The quantitative estimate of drug-likeness (QED) is 0.259. The number of phenols is 1. The highest BCUT2D eigenvalue weighted by Crippen LogP contribution is 2.41. The Morgan fingerprint density at radius 2 is 1.83 bits per heavy atom. The van der Waals surface area contributed by atoms with Crippen LogP contribution in [0.2, 0.25) is 0 Å². The first-order valence-corrected chi connectivity index (χ1v) is 13.0. The monoisotopic (exact) mass is 479 g/mol. The third-order valence-electron chi connectivity index (χ3n) is 7.08. The molecule has 3 atom stereocenters. The third-order valence-corrected chi connectivity index (χ3v) is 7.42. The summed E-state index contributed by atoms with van der Waals surface area (Å²) in [6.45, 7) is 10.6. The van der Waals surface area contributed by atoms with Gasteiger partial charge in [0.15, 0.2) is 5.75 Å². The molecule has 1 aromatic carbocycles. The van der Waals surface area contributed by atoms with E-state index < -0.39 is 5.54 Å². The molecule has 1 unspecified atom stereocenters.